The van der Waals surface area contributed by atoms with Gasteiger partial charge in [-0.2, -0.15) is 24.9 Å². The third-order valence-electron chi connectivity index (χ3n) is 3.52. The Bertz CT molecular complexity index is 413. The van der Waals surface area contributed by atoms with E-state index < -0.39 is 17.8 Å². The summed E-state index contributed by atoms with van der Waals surface area (Å²) in [5.41, 5.74) is -0.707. The molecule has 1 N–H and O–H groups in total. The molecule has 1 atom stereocenters. The average Bonchev–Trinajstić information content (AvgIpc) is 2.39. The maximum absolute atomic E-state index is 12.9. The zero-order chi connectivity index (χ0) is 13.9. The molecule has 0 bridgehead atoms. The number of rotatable bonds is 3. The van der Waals surface area contributed by atoms with E-state index in [0.717, 1.165) is 30.4 Å². The molecule has 1 aliphatic rings. The predicted octanol–water partition coefficient (Wildman–Crippen LogP) is 4.27. The predicted molar refractivity (Wildman–Crippen MR) is 71.1 cm³/mol. The summed E-state index contributed by atoms with van der Waals surface area (Å²) in [5.74, 6) is 2.41. The van der Waals surface area contributed by atoms with E-state index in [2.05, 4.69) is 0 Å². The van der Waals surface area contributed by atoms with Gasteiger partial charge in [-0.25, -0.2) is 0 Å². The van der Waals surface area contributed by atoms with Gasteiger partial charge >= 0.3 is 6.18 Å². The second-order valence-electron chi connectivity index (χ2n) is 4.89. The first-order valence-corrected chi connectivity index (χ1v) is 7.56. The van der Waals surface area contributed by atoms with Gasteiger partial charge in [0.2, 0.25) is 0 Å². The van der Waals surface area contributed by atoms with Crippen molar-refractivity contribution in [2.75, 3.05) is 11.5 Å². The highest BCUT2D eigenvalue weighted by Gasteiger charge is 2.35. The van der Waals surface area contributed by atoms with Crippen LogP contribution in [0.15, 0.2) is 24.3 Å². The van der Waals surface area contributed by atoms with Gasteiger partial charge in [0, 0.05) is 0 Å². The van der Waals surface area contributed by atoms with Crippen LogP contribution < -0.4 is 0 Å². The average molecular weight is 290 g/mol. The molecule has 1 saturated heterocycles. The Labute approximate surface area is 115 Å². The highest BCUT2D eigenvalue weighted by molar-refractivity contribution is 7.99. The minimum Gasteiger partial charge on any atom is -0.388 e. The molecule has 0 aliphatic carbocycles. The van der Waals surface area contributed by atoms with Crippen molar-refractivity contribution in [3.05, 3.63) is 35.4 Å². The van der Waals surface area contributed by atoms with Crippen LogP contribution in [0.5, 0.6) is 0 Å². The molecule has 1 unspecified atom stereocenters. The van der Waals surface area contributed by atoms with Gasteiger partial charge in [-0.15, -0.1) is 0 Å². The third kappa shape index (κ3) is 3.89. The molecule has 1 aromatic rings. The van der Waals surface area contributed by atoms with Crippen molar-refractivity contribution in [1.29, 1.82) is 0 Å². The smallest absolute Gasteiger partial charge is 0.388 e. The van der Waals surface area contributed by atoms with E-state index in [1.807, 2.05) is 11.8 Å². The van der Waals surface area contributed by atoms with Gasteiger partial charge in [-0.3, -0.25) is 0 Å². The normalized spacial score (nSPS) is 19.4. The SMILES string of the molecule is OC(CC1CCSCC1)c1ccccc1C(F)(F)F. The van der Waals surface area contributed by atoms with E-state index in [0.29, 0.717) is 12.3 Å². The van der Waals surface area contributed by atoms with Gasteiger partial charge in [0.15, 0.2) is 0 Å². The van der Waals surface area contributed by atoms with Crippen molar-refractivity contribution < 1.29 is 18.3 Å². The Hall–Kier alpha value is -0.680. The Morgan fingerprint density at radius 2 is 1.84 bits per heavy atom. The summed E-state index contributed by atoms with van der Waals surface area (Å²) in [4.78, 5) is 0. The van der Waals surface area contributed by atoms with Crippen molar-refractivity contribution in [2.45, 2.75) is 31.5 Å². The summed E-state index contributed by atoms with van der Waals surface area (Å²) < 4.78 is 38.6. The summed E-state index contributed by atoms with van der Waals surface area (Å²) in [6.07, 6.45) is -3.04. The standard InChI is InChI=1S/C14H17F3OS/c15-14(16,17)12-4-2-1-3-11(12)13(18)9-10-5-7-19-8-6-10/h1-4,10,13,18H,5-9H2. The summed E-state index contributed by atoms with van der Waals surface area (Å²) in [6, 6.07) is 5.32. The molecule has 0 saturated carbocycles. The van der Waals surface area contributed by atoms with Crippen LogP contribution in [-0.2, 0) is 6.18 Å². The molecular weight excluding hydrogens is 273 g/mol. The molecule has 0 spiro atoms. The Kier molecular flexibility index (Phi) is 4.79. The molecule has 1 aromatic carbocycles. The zero-order valence-corrected chi connectivity index (χ0v) is 11.3. The number of thioether (sulfide) groups is 1. The number of hydrogen-bond donors (Lipinski definition) is 1. The van der Waals surface area contributed by atoms with Crippen LogP contribution in [-0.4, -0.2) is 16.6 Å². The highest BCUT2D eigenvalue weighted by Crippen LogP contribution is 2.37. The topological polar surface area (TPSA) is 20.2 Å². The number of halogens is 3. The fraction of sp³-hybridized carbons (Fsp3) is 0.571. The fourth-order valence-corrected chi connectivity index (χ4v) is 3.67. The monoisotopic (exact) mass is 290 g/mol. The van der Waals surface area contributed by atoms with Gasteiger partial charge in [-0.1, -0.05) is 18.2 Å². The molecule has 0 amide bonds. The van der Waals surface area contributed by atoms with E-state index in [1.165, 1.54) is 12.1 Å². The molecule has 1 nitrogen and oxygen atoms in total. The van der Waals surface area contributed by atoms with Crippen LogP contribution in [0.25, 0.3) is 0 Å². The Balaban J connectivity index is 2.12. The fourth-order valence-electron chi connectivity index (χ4n) is 2.47. The van der Waals surface area contributed by atoms with E-state index in [9.17, 15) is 18.3 Å². The summed E-state index contributed by atoms with van der Waals surface area (Å²) in [7, 11) is 0. The Morgan fingerprint density at radius 1 is 1.21 bits per heavy atom. The van der Waals surface area contributed by atoms with Gasteiger partial charge in [0.1, 0.15) is 0 Å². The van der Waals surface area contributed by atoms with Crippen LogP contribution >= 0.6 is 11.8 Å². The van der Waals surface area contributed by atoms with Crippen LogP contribution in [0.1, 0.15) is 36.5 Å². The summed E-state index contributed by atoms with van der Waals surface area (Å²) in [6.45, 7) is 0. The lowest BCUT2D eigenvalue weighted by molar-refractivity contribution is -0.139. The van der Waals surface area contributed by atoms with Crippen LogP contribution in [0.2, 0.25) is 0 Å². The van der Waals surface area contributed by atoms with E-state index in [-0.39, 0.29) is 5.56 Å². The molecule has 1 fully saturated rings. The molecule has 106 valence electrons. The number of aliphatic hydroxyl groups excluding tert-OH is 1. The van der Waals surface area contributed by atoms with E-state index in [4.69, 9.17) is 0 Å². The lowest BCUT2D eigenvalue weighted by atomic mass is 9.90. The van der Waals surface area contributed by atoms with Crippen LogP contribution in [0.4, 0.5) is 13.2 Å². The maximum Gasteiger partial charge on any atom is 0.416 e. The second-order valence-corrected chi connectivity index (χ2v) is 6.12. The lowest BCUT2D eigenvalue weighted by Crippen LogP contribution is -2.16. The molecule has 0 radical (unpaired) electrons. The molecule has 0 aromatic heterocycles. The molecule has 1 heterocycles. The van der Waals surface area contributed by atoms with Gasteiger partial charge in [0.25, 0.3) is 0 Å². The van der Waals surface area contributed by atoms with Crippen molar-refractivity contribution in [3.63, 3.8) is 0 Å². The molecule has 5 heteroatoms. The van der Waals surface area contributed by atoms with Crippen molar-refractivity contribution >= 4 is 11.8 Å². The third-order valence-corrected chi connectivity index (χ3v) is 4.57. The lowest BCUT2D eigenvalue weighted by Gasteiger charge is -2.25. The second kappa shape index (κ2) is 6.18. The van der Waals surface area contributed by atoms with Crippen molar-refractivity contribution in [1.82, 2.24) is 0 Å². The van der Waals surface area contributed by atoms with Gasteiger partial charge in [0.05, 0.1) is 11.7 Å². The summed E-state index contributed by atoms with van der Waals surface area (Å²) in [5, 5.41) is 10.1. The minimum atomic E-state index is -4.40. The summed E-state index contributed by atoms with van der Waals surface area (Å²) >= 11 is 1.87. The van der Waals surface area contributed by atoms with E-state index >= 15 is 0 Å². The van der Waals surface area contributed by atoms with E-state index in [1.54, 1.807) is 6.07 Å². The highest BCUT2D eigenvalue weighted by atomic mass is 32.2. The van der Waals surface area contributed by atoms with Crippen LogP contribution in [0, 0.1) is 5.92 Å². The van der Waals surface area contributed by atoms with Crippen molar-refractivity contribution in [3.8, 4) is 0 Å². The zero-order valence-electron chi connectivity index (χ0n) is 10.5. The molecule has 2 rings (SSSR count). The van der Waals surface area contributed by atoms with Crippen LogP contribution in [0.3, 0.4) is 0 Å². The largest absolute Gasteiger partial charge is 0.416 e. The number of aliphatic hydroxyl groups is 1. The minimum absolute atomic E-state index is 0.00762. The van der Waals surface area contributed by atoms with Gasteiger partial charge < -0.3 is 5.11 Å². The molecule has 1 aliphatic heterocycles. The first kappa shape index (κ1) is 14.7. The van der Waals surface area contributed by atoms with Gasteiger partial charge in [-0.05, 0) is 48.3 Å². The van der Waals surface area contributed by atoms with Crippen molar-refractivity contribution in [2.24, 2.45) is 5.92 Å². The first-order valence-electron chi connectivity index (χ1n) is 6.40. The number of hydrogen-bond acceptors (Lipinski definition) is 2. The molecule has 19 heavy (non-hydrogen) atoms. The number of alkyl halides is 3. The quantitative estimate of drug-likeness (QED) is 0.897. The maximum atomic E-state index is 12.9. The molecular formula is C14H17F3OS. The number of benzene rings is 1. The Morgan fingerprint density at radius 3 is 2.47 bits per heavy atom. The first-order chi connectivity index (χ1) is 8.98.